The average molecular weight is 531 g/mol. The standard InChI is InChI=1S/C27H29ClF2N4O3/c28-20-3-1-17(2-4-20)15-34-27(37)24-16-32(14-18-9-21(29)13-22(30)10-18)7-5-25(24)33(34)8-6-31-26(36)19-11-23(35)12-19/h1-4,9-10,13,19,23,35H,5-8,11-12,14-16H2,(H,31,36). The first-order valence-electron chi connectivity index (χ1n) is 12.5. The van der Waals surface area contributed by atoms with Crippen LogP contribution < -0.4 is 10.9 Å². The highest BCUT2D eigenvalue weighted by atomic mass is 35.5. The Balaban J connectivity index is 1.36. The van der Waals surface area contributed by atoms with Crippen molar-refractivity contribution in [1.82, 2.24) is 19.6 Å². The molecule has 10 heteroatoms. The third-order valence-corrected chi connectivity index (χ3v) is 7.42. The first-order chi connectivity index (χ1) is 17.8. The zero-order valence-electron chi connectivity index (χ0n) is 20.3. The third kappa shape index (κ3) is 5.79. The van der Waals surface area contributed by atoms with Crippen molar-refractivity contribution >= 4 is 17.5 Å². The van der Waals surface area contributed by atoms with Gasteiger partial charge in [0, 0.05) is 55.3 Å². The van der Waals surface area contributed by atoms with Crippen molar-refractivity contribution in [2.75, 3.05) is 13.1 Å². The fraction of sp³-hybridized carbons (Fsp3) is 0.407. The number of fused-ring (bicyclic) bond motifs is 1. The fourth-order valence-corrected chi connectivity index (χ4v) is 5.32. The first kappa shape index (κ1) is 25.6. The Morgan fingerprint density at radius 2 is 1.73 bits per heavy atom. The van der Waals surface area contributed by atoms with Crippen LogP contribution in [0.2, 0.25) is 5.02 Å². The maximum absolute atomic E-state index is 13.7. The molecule has 5 rings (SSSR count). The minimum atomic E-state index is -0.623. The number of rotatable bonds is 8. The van der Waals surface area contributed by atoms with E-state index in [0.29, 0.717) is 74.7 Å². The molecule has 0 spiro atoms. The van der Waals surface area contributed by atoms with Crippen LogP contribution in [-0.4, -0.2) is 44.5 Å². The topological polar surface area (TPSA) is 79.5 Å². The molecule has 1 amide bonds. The molecule has 1 fully saturated rings. The van der Waals surface area contributed by atoms with Gasteiger partial charge in [0.25, 0.3) is 5.56 Å². The maximum atomic E-state index is 13.7. The highest BCUT2D eigenvalue weighted by Crippen LogP contribution is 2.27. The molecule has 7 nitrogen and oxygen atoms in total. The lowest BCUT2D eigenvalue weighted by Crippen LogP contribution is -2.42. The SMILES string of the molecule is O=C(NCCn1c2c(c(=O)n1Cc1ccc(Cl)cc1)CN(Cc1cc(F)cc(F)c1)CC2)C1CC(O)C1. The Hall–Kier alpha value is -3.01. The van der Waals surface area contributed by atoms with Gasteiger partial charge in [-0.15, -0.1) is 0 Å². The van der Waals surface area contributed by atoms with Gasteiger partial charge in [-0.3, -0.25) is 19.2 Å². The molecule has 2 aliphatic rings. The van der Waals surface area contributed by atoms with Gasteiger partial charge >= 0.3 is 0 Å². The second-order valence-electron chi connectivity index (χ2n) is 9.89. The molecule has 196 valence electrons. The smallest absolute Gasteiger partial charge is 0.271 e. The number of hydrogen-bond donors (Lipinski definition) is 2. The molecule has 37 heavy (non-hydrogen) atoms. The zero-order valence-corrected chi connectivity index (χ0v) is 21.1. The van der Waals surface area contributed by atoms with Crippen LogP contribution in [0.25, 0.3) is 0 Å². The number of nitrogens with zero attached hydrogens (tertiary/aromatic N) is 3. The van der Waals surface area contributed by atoms with Crippen molar-refractivity contribution in [3.63, 3.8) is 0 Å². The monoisotopic (exact) mass is 530 g/mol. The summed E-state index contributed by atoms with van der Waals surface area (Å²) in [6.07, 6.45) is 1.16. The van der Waals surface area contributed by atoms with Crippen LogP contribution in [0.15, 0.2) is 47.3 Å². The average Bonchev–Trinajstić information content (AvgIpc) is 3.08. The van der Waals surface area contributed by atoms with E-state index in [4.69, 9.17) is 11.6 Å². The van der Waals surface area contributed by atoms with Crippen molar-refractivity contribution in [1.29, 1.82) is 0 Å². The van der Waals surface area contributed by atoms with Crippen LogP contribution in [-0.2, 0) is 37.4 Å². The lowest BCUT2D eigenvalue weighted by Gasteiger charge is -2.30. The van der Waals surface area contributed by atoms with Gasteiger partial charge in [0.15, 0.2) is 0 Å². The lowest BCUT2D eigenvalue weighted by atomic mass is 9.82. The molecule has 0 radical (unpaired) electrons. The normalized spacial score (nSPS) is 19.4. The van der Waals surface area contributed by atoms with Crippen molar-refractivity contribution < 1.29 is 18.7 Å². The summed E-state index contributed by atoms with van der Waals surface area (Å²) < 4.78 is 31.0. The number of amides is 1. The molecule has 1 aliphatic carbocycles. The summed E-state index contributed by atoms with van der Waals surface area (Å²) in [7, 11) is 0. The number of carbonyl (C=O) groups excluding carboxylic acids is 1. The van der Waals surface area contributed by atoms with Gasteiger partial charge in [0.05, 0.1) is 24.8 Å². The number of carbonyl (C=O) groups is 1. The molecule has 2 heterocycles. The number of benzene rings is 2. The zero-order chi connectivity index (χ0) is 26.1. The number of aliphatic hydroxyl groups excluding tert-OH is 1. The summed E-state index contributed by atoms with van der Waals surface area (Å²) in [5.41, 5.74) is 2.89. The largest absolute Gasteiger partial charge is 0.393 e. The maximum Gasteiger partial charge on any atom is 0.271 e. The Morgan fingerprint density at radius 3 is 2.41 bits per heavy atom. The van der Waals surface area contributed by atoms with Crippen LogP contribution in [0.4, 0.5) is 8.78 Å². The Bertz CT molecular complexity index is 1330. The van der Waals surface area contributed by atoms with E-state index in [2.05, 4.69) is 5.32 Å². The van der Waals surface area contributed by atoms with Crippen molar-refractivity contribution in [2.45, 2.75) is 51.5 Å². The van der Waals surface area contributed by atoms with E-state index in [-0.39, 0.29) is 17.4 Å². The summed E-state index contributed by atoms with van der Waals surface area (Å²) >= 11 is 6.03. The summed E-state index contributed by atoms with van der Waals surface area (Å²) in [5.74, 6) is -1.48. The molecule has 1 aromatic heterocycles. The lowest BCUT2D eigenvalue weighted by molar-refractivity contribution is -0.131. The predicted molar refractivity (Wildman–Crippen MR) is 135 cm³/mol. The summed E-state index contributed by atoms with van der Waals surface area (Å²) in [5, 5.41) is 13.0. The summed E-state index contributed by atoms with van der Waals surface area (Å²) in [6.45, 7) is 2.46. The molecule has 0 saturated heterocycles. The van der Waals surface area contributed by atoms with Gasteiger partial charge in [-0.25, -0.2) is 13.5 Å². The van der Waals surface area contributed by atoms with E-state index < -0.39 is 17.7 Å². The first-order valence-corrected chi connectivity index (χ1v) is 12.8. The molecular formula is C27H29ClF2N4O3. The molecule has 0 bridgehead atoms. The molecule has 1 saturated carbocycles. The van der Waals surface area contributed by atoms with Gasteiger partial charge in [-0.05, 0) is 48.2 Å². The second kappa shape index (κ2) is 10.8. The van der Waals surface area contributed by atoms with Crippen molar-refractivity contribution in [2.24, 2.45) is 5.92 Å². The number of hydrogen-bond acceptors (Lipinski definition) is 4. The molecule has 1 aliphatic heterocycles. The molecular weight excluding hydrogens is 502 g/mol. The number of aromatic nitrogens is 2. The van der Waals surface area contributed by atoms with Crippen LogP contribution in [0.5, 0.6) is 0 Å². The number of halogens is 3. The Labute approximate surface area is 218 Å². The summed E-state index contributed by atoms with van der Waals surface area (Å²) in [4.78, 5) is 27.9. The van der Waals surface area contributed by atoms with E-state index in [1.165, 1.54) is 12.1 Å². The van der Waals surface area contributed by atoms with Gasteiger partial charge < -0.3 is 10.4 Å². The fourth-order valence-electron chi connectivity index (χ4n) is 5.20. The summed E-state index contributed by atoms with van der Waals surface area (Å²) in [6, 6.07) is 10.8. The van der Waals surface area contributed by atoms with Crippen LogP contribution in [0.3, 0.4) is 0 Å². The molecule has 0 atom stereocenters. The molecule has 3 aromatic rings. The minimum Gasteiger partial charge on any atom is -0.393 e. The van der Waals surface area contributed by atoms with Crippen LogP contribution in [0, 0.1) is 17.6 Å². The predicted octanol–water partition coefficient (Wildman–Crippen LogP) is 3.08. The van der Waals surface area contributed by atoms with Crippen LogP contribution in [0.1, 0.15) is 35.2 Å². The van der Waals surface area contributed by atoms with Crippen LogP contribution >= 0.6 is 11.6 Å². The van der Waals surface area contributed by atoms with E-state index in [0.717, 1.165) is 17.3 Å². The van der Waals surface area contributed by atoms with E-state index in [1.807, 2.05) is 21.7 Å². The molecule has 0 unspecified atom stereocenters. The van der Waals surface area contributed by atoms with Gasteiger partial charge in [0.2, 0.25) is 5.91 Å². The van der Waals surface area contributed by atoms with Crippen molar-refractivity contribution in [3.8, 4) is 0 Å². The Kier molecular flexibility index (Phi) is 7.46. The van der Waals surface area contributed by atoms with E-state index >= 15 is 0 Å². The van der Waals surface area contributed by atoms with Gasteiger partial charge in [0.1, 0.15) is 11.6 Å². The minimum absolute atomic E-state index is 0.0774. The van der Waals surface area contributed by atoms with Gasteiger partial charge in [-0.2, -0.15) is 0 Å². The highest BCUT2D eigenvalue weighted by molar-refractivity contribution is 6.30. The number of nitrogens with one attached hydrogen (secondary N) is 1. The molecule has 2 aromatic carbocycles. The number of aliphatic hydroxyl groups is 1. The van der Waals surface area contributed by atoms with Gasteiger partial charge in [-0.1, -0.05) is 23.7 Å². The van der Waals surface area contributed by atoms with E-state index in [9.17, 15) is 23.5 Å². The van der Waals surface area contributed by atoms with Crippen molar-refractivity contribution in [3.05, 3.63) is 91.9 Å². The highest BCUT2D eigenvalue weighted by Gasteiger charge is 2.33. The quantitative estimate of drug-likeness (QED) is 0.469. The Morgan fingerprint density at radius 1 is 1.03 bits per heavy atom. The third-order valence-electron chi connectivity index (χ3n) is 7.17. The molecule has 2 N–H and O–H groups in total. The second-order valence-corrected chi connectivity index (χ2v) is 10.3. The van der Waals surface area contributed by atoms with E-state index in [1.54, 1.807) is 16.8 Å².